The molecule has 0 aliphatic carbocycles. The fraction of sp³-hybridized carbons (Fsp3) is 0.308. The molecule has 0 amide bonds. The molecule has 0 bridgehead atoms. The van der Waals surface area contributed by atoms with E-state index < -0.39 is 0 Å². The van der Waals surface area contributed by atoms with Crippen LogP contribution in [0.1, 0.15) is 25.6 Å². The Labute approximate surface area is 131 Å². The number of methoxy groups -OCH3 is 1. The van der Waals surface area contributed by atoms with Crippen LogP contribution in [-0.4, -0.2) is 36.9 Å². The van der Waals surface area contributed by atoms with Crippen LogP contribution in [0, 0.1) is 0 Å². The van der Waals surface area contributed by atoms with Gasteiger partial charge in [0.15, 0.2) is 11.0 Å². The number of hydrogen-bond donors (Lipinski definition) is 1. The van der Waals surface area contributed by atoms with E-state index in [0.717, 1.165) is 5.82 Å². The Morgan fingerprint density at radius 3 is 2.86 bits per heavy atom. The number of anilines is 2. The maximum atomic E-state index is 6.10. The zero-order chi connectivity index (χ0) is 15.7. The van der Waals surface area contributed by atoms with Crippen LogP contribution < -0.4 is 10.1 Å². The van der Waals surface area contributed by atoms with Crippen LogP contribution in [0.25, 0.3) is 5.65 Å². The molecule has 0 aliphatic rings. The van der Waals surface area contributed by atoms with Gasteiger partial charge in [0.05, 0.1) is 12.8 Å². The summed E-state index contributed by atoms with van der Waals surface area (Å²) in [5.74, 6) is 1.47. The summed E-state index contributed by atoms with van der Waals surface area (Å²) in [7, 11) is 1.51. The molecular formula is C13H14ClN7O. The molecule has 3 aromatic heterocycles. The molecule has 9 heteroatoms. The van der Waals surface area contributed by atoms with E-state index in [1.807, 2.05) is 13.8 Å². The number of fused-ring (bicyclic) bond motifs is 1. The number of halogens is 1. The van der Waals surface area contributed by atoms with Gasteiger partial charge in [-0.05, 0) is 6.07 Å². The van der Waals surface area contributed by atoms with Crippen LogP contribution in [0.3, 0.4) is 0 Å². The van der Waals surface area contributed by atoms with Gasteiger partial charge in [0.2, 0.25) is 5.65 Å². The van der Waals surface area contributed by atoms with Crippen molar-refractivity contribution in [3.63, 3.8) is 0 Å². The highest BCUT2D eigenvalue weighted by molar-refractivity contribution is 6.29. The van der Waals surface area contributed by atoms with Gasteiger partial charge in [0.1, 0.15) is 5.82 Å². The quantitative estimate of drug-likeness (QED) is 0.789. The molecule has 0 atom stereocenters. The predicted molar refractivity (Wildman–Crippen MR) is 81.7 cm³/mol. The maximum absolute atomic E-state index is 6.10. The topological polar surface area (TPSA) is 90.1 Å². The van der Waals surface area contributed by atoms with Crippen LogP contribution in [0.2, 0.25) is 5.15 Å². The lowest BCUT2D eigenvalue weighted by Crippen LogP contribution is -2.04. The molecule has 0 aliphatic heterocycles. The van der Waals surface area contributed by atoms with Gasteiger partial charge in [-0.1, -0.05) is 25.4 Å². The third-order valence-corrected chi connectivity index (χ3v) is 3.14. The minimum Gasteiger partial charge on any atom is -0.467 e. The average Bonchev–Trinajstić information content (AvgIpc) is 2.91. The fourth-order valence-corrected chi connectivity index (χ4v) is 2.15. The molecule has 0 radical (unpaired) electrons. The molecule has 0 aromatic carbocycles. The lowest BCUT2D eigenvalue weighted by Gasteiger charge is -2.08. The molecule has 3 aromatic rings. The molecule has 8 nitrogen and oxygen atoms in total. The summed E-state index contributed by atoms with van der Waals surface area (Å²) in [6.45, 7) is 4.03. The Bertz CT molecular complexity index is 817. The zero-order valence-corrected chi connectivity index (χ0v) is 13.0. The number of hydrogen-bond acceptors (Lipinski definition) is 7. The highest BCUT2D eigenvalue weighted by atomic mass is 35.5. The number of nitrogens with one attached hydrogen (secondary N) is 1. The molecule has 0 unspecified atom stereocenters. The predicted octanol–water partition coefficient (Wildman–Crippen LogP) is 2.44. The molecule has 3 heterocycles. The second-order valence-electron chi connectivity index (χ2n) is 4.88. The Kier molecular flexibility index (Phi) is 3.76. The molecule has 0 saturated carbocycles. The van der Waals surface area contributed by atoms with Gasteiger partial charge in [-0.15, -0.1) is 10.2 Å². The van der Waals surface area contributed by atoms with E-state index in [1.165, 1.54) is 7.11 Å². The van der Waals surface area contributed by atoms with Crippen LogP contribution in [0.15, 0.2) is 18.3 Å². The first kappa shape index (κ1) is 14.5. The van der Waals surface area contributed by atoms with Crippen LogP contribution >= 0.6 is 11.6 Å². The van der Waals surface area contributed by atoms with Crippen molar-refractivity contribution in [3.05, 3.63) is 29.3 Å². The van der Waals surface area contributed by atoms with Crippen LogP contribution in [0.5, 0.6) is 6.01 Å². The highest BCUT2D eigenvalue weighted by Gasteiger charge is 2.15. The monoisotopic (exact) mass is 319 g/mol. The van der Waals surface area contributed by atoms with Gasteiger partial charge >= 0.3 is 6.01 Å². The van der Waals surface area contributed by atoms with Gasteiger partial charge in [-0.25, -0.2) is 4.98 Å². The summed E-state index contributed by atoms with van der Waals surface area (Å²) in [4.78, 5) is 8.16. The smallest absolute Gasteiger partial charge is 0.318 e. The van der Waals surface area contributed by atoms with Crippen molar-refractivity contribution < 1.29 is 4.74 Å². The van der Waals surface area contributed by atoms with E-state index in [2.05, 4.69) is 30.6 Å². The fourth-order valence-electron chi connectivity index (χ4n) is 1.97. The number of aromatic nitrogens is 6. The molecular weight excluding hydrogens is 306 g/mol. The maximum Gasteiger partial charge on any atom is 0.318 e. The first-order valence-electron chi connectivity index (χ1n) is 6.64. The molecule has 0 spiro atoms. The molecule has 0 saturated heterocycles. The van der Waals surface area contributed by atoms with E-state index in [0.29, 0.717) is 22.3 Å². The van der Waals surface area contributed by atoms with Crippen molar-refractivity contribution in [1.82, 2.24) is 29.8 Å². The van der Waals surface area contributed by atoms with Crippen molar-refractivity contribution in [2.45, 2.75) is 19.8 Å². The number of ether oxygens (including phenoxy) is 1. The van der Waals surface area contributed by atoms with Gasteiger partial charge in [-0.3, -0.25) is 0 Å². The van der Waals surface area contributed by atoms with Crippen molar-refractivity contribution >= 4 is 28.8 Å². The largest absolute Gasteiger partial charge is 0.467 e. The van der Waals surface area contributed by atoms with Gasteiger partial charge in [0, 0.05) is 18.2 Å². The lowest BCUT2D eigenvalue weighted by molar-refractivity contribution is 0.380. The average molecular weight is 320 g/mol. The summed E-state index contributed by atoms with van der Waals surface area (Å²) in [6.07, 6.45) is 1.59. The molecule has 114 valence electrons. The summed E-state index contributed by atoms with van der Waals surface area (Å²) in [5.41, 5.74) is 1.23. The summed E-state index contributed by atoms with van der Waals surface area (Å²) in [6, 6.07) is 3.66. The molecule has 1 N–H and O–H groups in total. The third-order valence-electron chi connectivity index (χ3n) is 2.96. The normalized spacial score (nSPS) is 11.1. The van der Waals surface area contributed by atoms with Crippen LogP contribution in [0.4, 0.5) is 11.5 Å². The zero-order valence-electron chi connectivity index (χ0n) is 12.3. The second kappa shape index (κ2) is 5.72. The molecule has 22 heavy (non-hydrogen) atoms. The summed E-state index contributed by atoms with van der Waals surface area (Å²) < 4.78 is 6.64. The van der Waals surface area contributed by atoms with Gasteiger partial charge in [-0.2, -0.15) is 14.6 Å². The van der Waals surface area contributed by atoms with Crippen molar-refractivity contribution in [2.24, 2.45) is 0 Å². The van der Waals surface area contributed by atoms with E-state index >= 15 is 0 Å². The standard InChI is InChI=1S/C13H14ClN7O/c1-7(2)11-18-19-12-8(6-9(14)20-21(11)12)16-10-4-5-15-13(17-10)22-3/h4-7H,1-3H3,(H,15,16,17). The van der Waals surface area contributed by atoms with Crippen molar-refractivity contribution in [2.75, 3.05) is 12.4 Å². The number of rotatable bonds is 4. The Hall–Kier alpha value is -2.48. The van der Waals surface area contributed by atoms with E-state index in [1.54, 1.807) is 22.8 Å². The Morgan fingerprint density at radius 1 is 1.32 bits per heavy atom. The van der Waals surface area contributed by atoms with Gasteiger partial charge < -0.3 is 10.1 Å². The van der Waals surface area contributed by atoms with Crippen molar-refractivity contribution in [1.29, 1.82) is 0 Å². The minimum atomic E-state index is 0.174. The Balaban J connectivity index is 2.06. The first-order chi connectivity index (χ1) is 10.6. The van der Waals surface area contributed by atoms with Crippen LogP contribution in [-0.2, 0) is 0 Å². The van der Waals surface area contributed by atoms with E-state index in [4.69, 9.17) is 16.3 Å². The summed E-state index contributed by atoms with van der Waals surface area (Å²) >= 11 is 6.10. The molecule has 0 fully saturated rings. The van der Waals surface area contributed by atoms with Gasteiger partial charge in [0.25, 0.3) is 0 Å². The second-order valence-corrected chi connectivity index (χ2v) is 5.27. The lowest BCUT2D eigenvalue weighted by atomic mass is 10.2. The SMILES string of the molecule is COc1nccc(Nc2cc(Cl)nn3c(C(C)C)nnc23)n1. The minimum absolute atomic E-state index is 0.174. The third kappa shape index (κ3) is 2.64. The highest BCUT2D eigenvalue weighted by Crippen LogP contribution is 2.24. The van der Waals surface area contributed by atoms with Crippen molar-refractivity contribution in [3.8, 4) is 6.01 Å². The van der Waals surface area contributed by atoms with E-state index in [9.17, 15) is 0 Å². The first-order valence-corrected chi connectivity index (χ1v) is 7.02. The molecule has 3 rings (SSSR count). The summed E-state index contributed by atoms with van der Waals surface area (Å²) in [5, 5.41) is 16.1. The van der Waals surface area contributed by atoms with E-state index in [-0.39, 0.29) is 11.9 Å². The number of nitrogens with zero attached hydrogens (tertiary/aromatic N) is 6. The Morgan fingerprint density at radius 2 is 2.14 bits per heavy atom.